The van der Waals surface area contributed by atoms with Crippen LogP contribution in [0.15, 0.2) is 66.1 Å². The Hall–Kier alpha value is -2.12. The highest BCUT2D eigenvalue weighted by molar-refractivity contribution is 7.99. The molecule has 3 aromatic rings. The van der Waals surface area contributed by atoms with Crippen molar-refractivity contribution >= 4 is 40.9 Å². The minimum atomic E-state index is 0.00101. The van der Waals surface area contributed by atoms with Gasteiger partial charge in [0.15, 0.2) is 5.16 Å². The summed E-state index contributed by atoms with van der Waals surface area (Å²) in [5.74, 6) is 0.874. The van der Waals surface area contributed by atoms with Gasteiger partial charge in [0.25, 0.3) is 0 Å². The number of rotatable bonds is 9. The Kier molecular flexibility index (Phi) is 8.62. The van der Waals surface area contributed by atoms with Gasteiger partial charge in [-0.15, -0.1) is 0 Å². The number of hydrogen-bond donors (Lipinski definition) is 2. The zero-order chi connectivity index (χ0) is 23.0. The van der Waals surface area contributed by atoms with Crippen LogP contribution >= 0.6 is 35.0 Å². The van der Waals surface area contributed by atoms with E-state index in [4.69, 9.17) is 23.2 Å². The summed E-state index contributed by atoms with van der Waals surface area (Å²) in [5.41, 5.74) is 3.25. The van der Waals surface area contributed by atoms with Crippen LogP contribution in [0.2, 0.25) is 10.0 Å². The molecule has 8 heteroatoms. The summed E-state index contributed by atoms with van der Waals surface area (Å²) in [6, 6.07) is 16.3. The second kappa shape index (κ2) is 11.8. The van der Waals surface area contributed by atoms with Crippen LogP contribution in [0.1, 0.15) is 18.4 Å². The van der Waals surface area contributed by atoms with Crippen molar-refractivity contribution in [1.29, 1.82) is 0 Å². The van der Waals surface area contributed by atoms with Crippen molar-refractivity contribution in [1.82, 2.24) is 20.6 Å². The molecule has 5 nitrogen and oxygen atoms in total. The van der Waals surface area contributed by atoms with Crippen LogP contribution in [0.3, 0.4) is 0 Å². The summed E-state index contributed by atoms with van der Waals surface area (Å²) in [6.45, 7) is 1.63. The van der Waals surface area contributed by atoms with Crippen LogP contribution < -0.4 is 10.6 Å². The largest absolute Gasteiger partial charge is 0.355 e. The lowest BCUT2D eigenvalue weighted by Gasteiger charge is -2.12. The number of halogens is 2. The topological polar surface area (TPSA) is 66.9 Å². The molecule has 0 saturated carbocycles. The van der Waals surface area contributed by atoms with E-state index in [0.717, 1.165) is 36.9 Å². The van der Waals surface area contributed by atoms with Crippen molar-refractivity contribution in [3.8, 4) is 11.1 Å². The first-order valence-corrected chi connectivity index (χ1v) is 12.8. The molecule has 1 aliphatic heterocycles. The zero-order valence-electron chi connectivity index (χ0n) is 18.1. The summed E-state index contributed by atoms with van der Waals surface area (Å²) in [7, 11) is 0. The van der Waals surface area contributed by atoms with Gasteiger partial charge in [-0.2, -0.15) is 0 Å². The third kappa shape index (κ3) is 7.18. The van der Waals surface area contributed by atoms with Gasteiger partial charge in [-0.1, -0.05) is 71.4 Å². The van der Waals surface area contributed by atoms with Crippen LogP contribution in [-0.2, 0) is 11.2 Å². The molecule has 2 N–H and O–H groups in total. The highest BCUT2D eigenvalue weighted by atomic mass is 35.5. The molecule has 1 amide bonds. The first-order chi connectivity index (χ1) is 16.1. The molecule has 33 heavy (non-hydrogen) atoms. The molecule has 0 aliphatic carbocycles. The summed E-state index contributed by atoms with van der Waals surface area (Å²) in [4.78, 5) is 21.0. The molecule has 0 radical (unpaired) electrons. The van der Waals surface area contributed by atoms with Gasteiger partial charge >= 0.3 is 0 Å². The van der Waals surface area contributed by atoms with Crippen LogP contribution in [-0.4, -0.2) is 40.8 Å². The molecule has 1 aliphatic rings. The van der Waals surface area contributed by atoms with Crippen molar-refractivity contribution in [2.75, 3.05) is 18.8 Å². The Balaban J connectivity index is 1.13. The Labute approximate surface area is 208 Å². The molecule has 172 valence electrons. The smallest absolute Gasteiger partial charge is 0.230 e. The van der Waals surface area contributed by atoms with Crippen LogP contribution in [0.4, 0.5) is 0 Å². The van der Waals surface area contributed by atoms with E-state index in [1.165, 1.54) is 17.3 Å². The molecule has 4 rings (SSSR count). The lowest BCUT2D eigenvalue weighted by Crippen LogP contribution is -2.31. The van der Waals surface area contributed by atoms with Crippen molar-refractivity contribution in [2.24, 2.45) is 5.92 Å². The molecule has 0 bridgehead atoms. The van der Waals surface area contributed by atoms with Gasteiger partial charge in [-0.3, -0.25) is 4.79 Å². The Morgan fingerprint density at radius 3 is 2.61 bits per heavy atom. The molecule has 1 fully saturated rings. The molecule has 2 atom stereocenters. The van der Waals surface area contributed by atoms with E-state index in [9.17, 15) is 4.79 Å². The van der Waals surface area contributed by atoms with E-state index in [1.54, 1.807) is 12.4 Å². The number of carbonyl (C=O) groups excluding carboxylic acids is 1. The number of aromatic nitrogens is 2. The highest BCUT2D eigenvalue weighted by Gasteiger charge is 2.24. The third-order valence-electron chi connectivity index (χ3n) is 5.70. The summed E-state index contributed by atoms with van der Waals surface area (Å²) in [5, 5.41) is 8.38. The summed E-state index contributed by atoms with van der Waals surface area (Å²) >= 11 is 13.5. The van der Waals surface area contributed by atoms with Crippen molar-refractivity contribution in [2.45, 2.75) is 30.5 Å². The molecule has 2 aromatic carbocycles. The summed E-state index contributed by atoms with van der Waals surface area (Å²) in [6.07, 6.45) is 6.57. The zero-order valence-corrected chi connectivity index (χ0v) is 20.5. The maximum atomic E-state index is 12.2. The van der Waals surface area contributed by atoms with Crippen molar-refractivity contribution < 1.29 is 4.79 Å². The fourth-order valence-electron chi connectivity index (χ4n) is 4.02. The van der Waals surface area contributed by atoms with Gasteiger partial charge in [0, 0.05) is 30.5 Å². The average Bonchev–Trinajstić information content (AvgIpc) is 3.28. The van der Waals surface area contributed by atoms with E-state index in [0.29, 0.717) is 39.5 Å². The number of benzene rings is 2. The fraction of sp³-hybridized carbons (Fsp3) is 0.320. The number of carbonyl (C=O) groups is 1. The lowest BCUT2D eigenvalue weighted by molar-refractivity contribution is -0.118. The Morgan fingerprint density at radius 1 is 1.06 bits per heavy atom. The van der Waals surface area contributed by atoms with E-state index < -0.39 is 0 Å². The van der Waals surface area contributed by atoms with Gasteiger partial charge < -0.3 is 10.6 Å². The second-order valence-corrected chi connectivity index (χ2v) is 9.96. The fourth-order valence-corrected chi connectivity index (χ4v) is 4.95. The minimum Gasteiger partial charge on any atom is -0.355 e. The van der Waals surface area contributed by atoms with Gasteiger partial charge in [0.2, 0.25) is 5.91 Å². The quantitative estimate of drug-likeness (QED) is 0.309. The standard InChI is InChI=1S/C25H26Cl2N4OS/c26-22-7-6-17(12-23(22)27)10-18-11-21(29-13-18)8-9-28-24(32)16-33-25-30-14-20(15-31-25)19-4-2-1-3-5-19/h1-7,12,14-15,18,21,29H,8-11,13,16H2,(H,28,32). The van der Waals surface area contributed by atoms with E-state index in [1.807, 2.05) is 48.5 Å². The SMILES string of the molecule is O=C(CSc1ncc(-c2ccccc2)cn1)NCCC1CC(Cc2ccc(Cl)c(Cl)c2)CN1. The predicted molar refractivity (Wildman–Crippen MR) is 136 cm³/mol. The van der Waals surface area contributed by atoms with E-state index >= 15 is 0 Å². The third-order valence-corrected chi connectivity index (χ3v) is 7.32. The number of thioether (sulfide) groups is 1. The minimum absolute atomic E-state index is 0.00101. The van der Waals surface area contributed by atoms with Gasteiger partial charge in [0.1, 0.15) is 0 Å². The second-order valence-electron chi connectivity index (χ2n) is 8.21. The first kappa shape index (κ1) is 24.0. The average molecular weight is 501 g/mol. The monoisotopic (exact) mass is 500 g/mol. The first-order valence-electron chi connectivity index (χ1n) is 11.0. The maximum Gasteiger partial charge on any atom is 0.230 e. The van der Waals surface area contributed by atoms with Crippen LogP contribution in [0.5, 0.6) is 0 Å². The number of nitrogens with zero attached hydrogens (tertiary/aromatic N) is 2. The molecular formula is C25H26Cl2N4OS. The molecule has 1 aromatic heterocycles. The van der Waals surface area contributed by atoms with Crippen LogP contribution in [0, 0.1) is 5.92 Å². The van der Waals surface area contributed by atoms with Gasteiger partial charge in [-0.25, -0.2) is 9.97 Å². The van der Waals surface area contributed by atoms with Gasteiger partial charge in [-0.05, 0) is 55.0 Å². The normalized spacial score (nSPS) is 17.8. The number of nitrogens with one attached hydrogen (secondary N) is 2. The lowest BCUT2D eigenvalue weighted by atomic mass is 9.96. The molecule has 2 heterocycles. The number of amides is 1. The Morgan fingerprint density at radius 2 is 1.85 bits per heavy atom. The van der Waals surface area contributed by atoms with E-state index in [2.05, 4.69) is 20.6 Å². The maximum absolute atomic E-state index is 12.2. The molecule has 0 spiro atoms. The summed E-state index contributed by atoms with van der Waals surface area (Å²) < 4.78 is 0. The highest BCUT2D eigenvalue weighted by Crippen LogP contribution is 2.26. The molecular weight excluding hydrogens is 475 g/mol. The molecule has 2 unspecified atom stereocenters. The number of hydrogen-bond acceptors (Lipinski definition) is 5. The van der Waals surface area contributed by atoms with E-state index in [-0.39, 0.29) is 5.91 Å². The van der Waals surface area contributed by atoms with Crippen molar-refractivity contribution in [3.05, 3.63) is 76.5 Å². The Bertz CT molecular complexity index is 1070. The van der Waals surface area contributed by atoms with Gasteiger partial charge in [0.05, 0.1) is 15.8 Å². The molecule has 1 saturated heterocycles. The predicted octanol–water partition coefficient (Wildman–Crippen LogP) is 5.27. The van der Waals surface area contributed by atoms with Crippen molar-refractivity contribution in [3.63, 3.8) is 0 Å². The van der Waals surface area contributed by atoms with Crippen LogP contribution in [0.25, 0.3) is 11.1 Å².